The van der Waals surface area contributed by atoms with Crippen molar-refractivity contribution in [1.29, 1.82) is 0 Å². The van der Waals surface area contributed by atoms with Crippen LogP contribution in [0.2, 0.25) is 0 Å². The maximum absolute atomic E-state index is 5.83. The van der Waals surface area contributed by atoms with Crippen molar-refractivity contribution in [3.63, 3.8) is 0 Å². The Morgan fingerprint density at radius 2 is 1.85 bits per heavy atom. The minimum Gasteiger partial charge on any atom is -0.497 e. The van der Waals surface area contributed by atoms with Crippen LogP contribution in [-0.2, 0) is 6.61 Å². The van der Waals surface area contributed by atoms with Gasteiger partial charge in [0.05, 0.1) is 7.11 Å². The molecule has 106 valence electrons. The van der Waals surface area contributed by atoms with E-state index in [1.54, 1.807) is 13.2 Å². The van der Waals surface area contributed by atoms with Crippen molar-refractivity contribution in [3.8, 4) is 11.5 Å². The van der Waals surface area contributed by atoms with Gasteiger partial charge in [0.2, 0.25) is 0 Å². The van der Waals surface area contributed by atoms with Crippen LogP contribution in [0, 0.1) is 0 Å². The second kappa shape index (κ2) is 6.19. The lowest BCUT2D eigenvalue weighted by molar-refractivity contribution is 0.305. The molecule has 0 atom stereocenters. The van der Waals surface area contributed by atoms with E-state index in [9.17, 15) is 0 Å². The van der Waals surface area contributed by atoms with Crippen LogP contribution in [0.3, 0.4) is 0 Å². The largest absolute Gasteiger partial charge is 0.497 e. The highest BCUT2D eigenvalue weighted by molar-refractivity contribution is 5.50. The number of hydrogen-bond acceptors (Lipinski definition) is 4. The van der Waals surface area contributed by atoms with Gasteiger partial charge in [0, 0.05) is 37.6 Å². The second-order valence-corrected chi connectivity index (χ2v) is 4.79. The van der Waals surface area contributed by atoms with E-state index in [1.807, 2.05) is 55.4 Å². The fraction of sp³-hybridized carbons (Fsp3) is 0.250. The highest BCUT2D eigenvalue weighted by Gasteiger charge is 2.02. The second-order valence-electron chi connectivity index (χ2n) is 4.79. The Morgan fingerprint density at radius 1 is 1.05 bits per heavy atom. The van der Waals surface area contributed by atoms with Gasteiger partial charge in [0.25, 0.3) is 0 Å². The first-order valence-electron chi connectivity index (χ1n) is 6.42. The van der Waals surface area contributed by atoms with Crippen LogP contribution >= 0.6 is 0 Å². The Bertz CT molecular complexity index is 582. The summed E-state index contributed by atoms with van der Waals surface area (Å²) in [5.74, 6) is 1.57. The van der Waals surface area contributed by atoms with Crippen molar-refractivity contribution in [2.45, 2.75) is 6.61 Å². The van der Waals surface area contributed by atoms with Crippen molar-refractivity contribution >= 4 is 11.4 Å². The average molecular weight is 272 g/mol. The zero-order valence-electron chi connectivity index (χ0n) is 12.1. The van der Waals surface area contributed by atoms with Gasteiger partial charge >= 0.3 is 0 Å². The molecule has 2 aromatic rings. The van der Waals surface area contributed by atoms with Gasteiger partial charge in [-0.15, -0.1) is 0 Å². The fourth-order valence-electron chi connectivity index (χ4n) is 1.91. The quantitative estimate of drug-likeness (QED) is 0.850. The number of nitrogens with two attached hydrogens (primary N) is 1. The summed E-state index contributed by atoms with van der Waals surface area (Å²) in [6, 6.07) is 13.6. The molecule has 0 bridgehead atoms. The van der Waals surface area contributed by atoms with Crippen LogP contribution in [0.15, 0.2) is 42.5 Å². The Morgan fingerprint density at radius 3 is 2.55 bits per heavy atom. The van der Waals surface area contributed by atoms with Gasteiger partial charge < -0.3 is 20.1 Å². The van der Waals surface area contributed by atoms with Crippen LogP contribution < -0.4 is 20.1 Å². The molecule has 2 N–H and O–H groups in total. The minimum atomic E-state index is 0.457. The summed E-state index contributed by atoms with van der Waals surface area (Å²) >= 11 is 0. The van der Waals surface area contributed by atoms with E-state index in [0.29, 0.717) is 12.3 Å². The molecule has 2 aromatic carbocycles. The molecule has 0 fully saturated rings. The van der Waals surface area contributed by atoms with Crippen LogP contribution in [0.25, 0.3) is 0 Å². The molecule has 0 aliphatic rings. The van der Waals surface area contributed by atoms with E-state index in [4.69, 9.17) is 15.2 Å². The van der Waals surface area contributed by atoms with Crippen molar-refractivity contribution in [3.05, 3.63) is 48.0 Å². The molecule has 0 aliphatic carbocycles. The Kier molecular flexibility index (Phi) is 4.35. The van der Waals surface area contributed by atoms with Crippen LogP contribution in [0.1, 0.15) is 5.56 Å². The van der Waals surface area contributed by atoms with Crippen molar-refractivity contribution in [1.82, 2.24) is 0 Å². The number of hydrogen-bond donors (Lipinski definition) is 1. The number of benzene rings is 2. The molecule has 2 rings (SSSR count). The third-order valence-electron chi connectivity index (χ3n) is 2.96. The minimum absolute atomic E-state index is 0.457. The average Bonchev–Trinajstić information content (AvgIpc) is 2.44. The Hall–Kier alpha value is -2.36. The van der Waals surface area contributed by atoms with E-state index in [0.717, 1.165) is 22.7 Å². The summed E-state index contributed by atoms with van der Waals surface area (Å²) in [4.78, 5) is 2.04. The molecule has 0 unspecified atom stereocenters. The summed E-state index contributed by atoms with van der Waals surface area (Å²) < 4.78 is 11.0. The zero-order valence-corrected chi connectivity index (χ0v) is 12.1. The molecule has 4 nitrogen and oxygen atoms in total. The van der Waals surface area contributed by atoms with Gasteiger partial charge in [-0.2, -0.15) is 0 Å². The standard InChI is InChI=1S/C16H20N2O2/c1-18(2)14-5-4-6-15(10-14)20-11-12-7-13(17)9-16(8-12)19-3/h4-10H,11,17H2,1-3H3. The van der Waals surface area contributed by atoms with E-state index in [-0.39, 0.29) is 0 Å². The molecule has 0 saturated carbocycles. The van der Waals surface area contributed by atoms with E-state index >= 15 is 0 Å². The zero-order chi connectivity index (χ0) is 14.5. The van der Waals surface area contributed by atoms with Gasteiger partial charge in [-0.3, -0.25) is 0 Å². The molecular weight excluding hydrogens is 252 g/mol. The molecule has 0 heterocycles. The Labute approximate surface area is 119 Å². The highest BCUT2D eigenvalue weighted by atomic mass is 16.5. The number of ether oxygens (including phenoxy) is 2. The smallest absolute Gasteiger partial charge is 0.121 e. The number of anilines is 2. The van der Waals surface area contributed by atoms with Crippen LogP contribution in [0.4, 0.5) is 11.4 Å². The molecule has 20 heavy (non-hydrogen) atoms. The van der Waals surface area contributed by atoms with Crippen LogP contribution in [0.5, 0.6) is 11.5 Å². The molecule has 0 saturated heterocycles. The first kappa shape index (κ1) is 14.1. The van der Waals surface area contributed by atoms with Gasteiger partial charge in [-0.1, -0.05) is 6.07 Å². The first-order chi connectivity index (χ1) is 9.58. The van der Waals surface area contributed by atoms with Crippen molar-refractivity contribution in [2.75, 3.05) is 31.8 Å². The fourth-order valence-corrected chi connectivity index (χ4v) is 1.91. The number of methoxy groups -OCH3 is 1. The van der Waals surface area contributed by atoms with Crippen LogP contribution in [-0.4, -0.2) is 21.2 Å². The summed E-state index contributed by atoms with van der Waals surface area (Å²) in [6.07, 6.45) is 0. The lowest BCUT2D eigenvalue weighted by Crippen LogP contribution is -2.08. The summed E-state index contributed by atoms with van der Waals surface area (Å²) in [5, 5.41) is 0. The molecule has 0 amide bonds. The number of nitrogen functional groups attached to an aromatic ring is 1. The Balaban J connectivity index is 2.08. The summed E-state index contributed by atoms with van der Waals surface area (Å²) in [7, 11) is 5.63. The van der Waals surface area contributed by atoms with Gasteiger partial charge in [0.15, 0.2) is 0 Å². The molecule has 4 heteroatoms. The number of nitrogens with zero attached hydrogens (tertiary/aromatic N) is 1. The van der Waals surface area contributed by atoms with E-state index in [1.165, 1.54) is 0 Å². The van der Waals surface area contributed by atoms with Gasteiger partial charge in [-0.05, 0) is 29.8 Å². The third-order valence-corrected chi connectivity index (χ3v) is 2.96. The summed E-state index contributed by atoms with van der Waals surface area (Å²) in [6.45, 7) is 0.457. The maximum Gasteiger partial charge on any atom is 0.121 e. The number of rotatable bonds is 5. The lowest BCUT2D eigenvalue weighted by Gasteiger charge is -2.14. The molecule has 0 radical (unpaired) electrons. The van der Waals surface area contributed by atoms with Gasteiger partial charge in [0.1, 0.15) is 18.1 Å². The topological polar surface area (TPSA) is 47.7 Å². The molecule has 0 aromatic heterocycles. The van der Waals surface area contributed by atoms with Crippen molar-refractivity contribution < 1.29 is 9.47 Å². The summed E-state index contributed by atoms with van der Waals surface area (Å²) in [5.41, 5.74) is 8.58. The highest BCUT2D eigenvalue weighted by Crippen LogP contribution is 2.22. The first-order valence-corrected chi connectivity index (χ1v) is 6.42. The SMILES string of the molecule is COc1cc(N)cc(COc2cccc(N(C)C)c2)c1. The lowest BCUT2D eigenvalue weighted by atomic mass is 10.2. The van der Waals surface area contributed by atoms with Gasteiger partial charge in [-0.25, -0.2) is 0 Å². The predicted octanol–water partition coefficient (Wildman–Crippen LogP) is 2.92. The third kappa shape index (κ3) is 3.57. The van der Waals surface area contributed by atoms with Crippen molar-refractivity contribution in [2.24, 2.45) is 0 Å². The predicted molar refractivity (Wildman–Crippen MR) is 82.5 cm³/mol. The molecule has 0 aliphatic heterocycles. The maximum atomic E-state index is 5.83. The monoisotopic (exact) mass is 272 g/mol. The van der Waals surface area contributed by atoms with E-state index in [2.05, 4.69) is 0 Å². The van der Waals surface area contributed by atoms with E-state index < -0.39 is 0 Å². The molecular formula is C16H20N2O2. The molecule has 0 spiro atoms. The normalized spacial score (nSPS) is 10.2.